The van der Waals surface area contributed by atoms with Crippen molar-refractivity contribution in [2.75, 3.05) is 19.6 Å². The van der Waals surface area contributed by atoms with Crippen LogP contribution in [0.15, 0.2) is 0 Å². The monoisotopic (exact) mass is 168 g/mol. The minimum absolute atomic E-state index is 0.875. The van der Waals surface area contributed by atoms with Crippen molar-refractivity contribution in [2.45, 2.75) is 38.1 Å². The van der Waals surface area contributed by atoms with E-state index in [9.17, 15) is 0 Å². The third-order valence-electron chi connectivity index (χ3n) is 3.20. The van der Waals surface area contributed by atoms with Crippen molar-refractivity contribution in [1.29, 1.82) is 0 Å². The van der Waals surface area contributed by atoms with Gasteiger partial charge in [-0.15, -0.1) is 0 Å². The Morgan fingerprint density at radius 2 is 2.08 bits per heavy atom. The minimum atomic E-state index is 0.875. The van der Waals surface area contributed by atoms with Crippen LogP contribution < -0.4 is 5.73 Å². The first-order valence-electron chi connectivity index (χ1n) is 5.34. The summed E-state index contributed by atoms with van der Waals surface area (Å²) in [4.78, 5) is 2.68. The van der Waals surface area contributed by atoms with Crippen LogP contribution in [0.3, 0.4) is 0 Å². The summed E-state index contributed by atoms with van der Waals surface area (Å²) in [5, 5.41) is 0. The molecule has 1 aliphatic carbocycles. The van der Waals surface area contributed by atoms with Gasteiger partial charge in [0.05, 0.1) is 0 Å². The van der Waals surface area contributed by atoms with Gasteiger partial charge in [0, 0.05) is 12.6 Å². The maximum Gasteiger partial charge on any atom is 0.00965 e. The molecule has 2 rings (SSSR count). The first kappa shape index (κ1) is 8.52. The minimum Gasteiger partial charge on any atom is -0.330 e. The number of likely N-dealkylation sites (tertiary alicyclic amines) is 1. The van der Waals surface area contributed by atoms with Crippen molar-refractivity contribution >= 4 is 0 Å². The quantitative estimate of drug-likeness (QED) is 0.683. The van der Waals surface area contributed by atoms with Gasteiger partial charge in [-0.2, -0.15) is 0 Å². The summed E-state index contributed by atoms with van der Waals surface area (Å²) in [6.07, 6.45) is 6.94. The lowest BCUT2D eigenvalue weighted by atomic mass is 10.0. The van der Waals surface area contributed by atoms with Gasteiger partial charge in [-0.1, -0.05) is 0 Å². The Balaban J connectivity index is 1.67. The van der Waals surface area contributed by atoms with Gasteiger partial charge in [0.15, 0.2) is 0 Å². The maximum absolute atomic E-state index is 5.50. The molecule has 0 aromatic heterocycles. The SMILES string of the molecule is NCCCC1CCN(C2CC2)C1. The summed E-state index contributed by atoms with van der Waals surface area (Å²) in [6.45, 7) is 3.60. The van der Waals surface area contributed by atoms with Gasteiger partial charge in [0.2, 0.25) is 0 Å². The Morgan fingerprint density at radius 1 is 1.25 bits per heavy atom. The van der Waals surface area contributed by atoms with E-state index in [4.69, 9.17) is 5.73 Å². The van der Waals surface area contributed by atoms with E-state index in [1.807, 2.05) is 0 Å². The third kappa shape index (κ3) is 1.99. The summed E-state index contributed by atoms with van der Waals surface area (Å²) in [5.74, 6) is 0.967. The van der Waals surface area contributed by atoms with E-state index >= 15 is 0 Å². The van der Waals surface area contributed by atoms with Crippen molar-refractivity contribution in [1.82, 2.24) is 4.90 Å². The van der Waals surface area contributed by atoms with Crippen molar-refractivity contribution < 1.29 is 0 Å². The van der Waals surface area contributed by atoms with Crippen LogP contribution in [0.5, 0.6) is 0 Å². The Morgan fingerprint density at radius 3 is 2.75 bits per heavy atom. The average Bonchev–Trinajstić information content (AvgIpc) is 2.83. The van der Waals surface area contributed by atoms with Crippen molar-refractivity contribution in [3.8, 4) is 0 Å². The van der Waals surface area contributed by atoms with Crippen LogP contribution in [-0.4, -0.2) is 30.6 Å². The first-order valence-corrected chi connectivity index (χ1v) is 5.34. The third-order valence-corrected chi connectivity index (χ3v) is 3.20. The second-order valence-corrected chi connectivity index (χ2v) is 4.31. The highest BCUT2D eigenvalue weighted by atomic mass is 15.2. The van der Waals surface area contributed by atoms with E-state index < -0.39 is 0 Å². The Bertz CT molecular complexity index is 143. The second-order valence-electron chi connectivity index (χ2n) is 4.31. The number of hydrogen-bond donors (Lipinski definition) is 1. The molecule has 2 heteroatoms. The first-order chi connectivity index (χ1) is 5.90. The van der Waals surface area contributed by atoms with Crippen LogP contribution in [0.25, 0.3) is 0 Å². The molecule has 0 amide bonds. The molecule has 1 aliphatic heterocycles. The highest BCUT2D eigenvalue weighted by Gasteiger charge is 2.33. The van der Waals surface area contributed by atoms with Gasteiger partial charge in [-0.05, 0) is 51.1 Å². The zero-order valence-electron chi connectivity index (χ0n) is 7.84. The number of rotatable bonds is 4. The molecular formula is C10H20N2. The molecular weight excluding hydrogens is 148 g/mol. The standard InChI is InChI=1S/C10H20N2/c11-6-1-2-9-5-7-12(8-9)10-3-4-10/h9-10H,1-8,11H2. The summed E-state index contributed by atoms with van der Waals surface area (Å²) < 4.78 is 0. The fourth-order valence-corrected chi connectivity index (χ4v) is 2.28. The molecule has 1 atom stereocenters. The van der Waals surface area contributed by atoms with E-state index in [2.05, 4.69) is 4.90 Å². The molecule has 0 spiro atoms. The zero-order chi connectivity index (χ0) is 8.39. The van der Waals surface area contributed by atoms with Crippen LogP contribution in [0.4, 0.5) is 0 Å². The van der Waals surface area contributed by atoms with Gasteiger partial charge >= 0.3 is 0 Å². The van der Waals surface area contributed by atoms with Gasteiger partial charge in [0.25, 0.3) is 0 Å². The van der Waals surface area contributed by atoms with Crippen LogP contribution in [-0.2, 0) is 0 Å². The predicted molar refractivity (Wildman–Crippen MR) is 51.0 cm³/mol. The molecule has 2 nitrogen and oxygen atoms in total. The second kappa shape index (κ2) is 3.75. The van der Waals surface area contributed by atoms with E-state index in [1.165, 1.54) is 45.2 Å². The topological polar surface area (TPSA) is 29.3 Å². The van der Waals surface area contributed by atoms with Gasteiger partial charge in [-0.25, -0.2) is 0 Å². The molecule has 1 unspecified atom stereocenters. The Labute approximate surface area is 75.1 Å². The molecule has 70 valence electrons. The maximum atomic E-state index is 5.50. The van der Waals surface area contributed by atoms with Crippen LogP contribution in [0, 0.1) is 5.92 Å². The van der Waals surface area contributed by atoms with Crippen molar-refractivity contribution in [2.24, 2.45) is 11.7 Å². The van der Waals surface area contributed by atoms with E-state index in [1.54, 1.807) is 0 Å². The summed E-state index contributed by atoms with van der Waals surface area (Å²) in [5.41, 5.74) is 5.50. The smallest absolute Gasteiger partial charge is 0.00965 e. The molecule has 2 aliphatic rings. The summed E-state index contributed by atoms with van der Waals surface area (Å²) >= 11 is 0. The summed E-state index contributed by atoms with van der Waals surface area (Å²) in [7, 11) is 0. The molecule has 2 N–H and O–H groups in total. The lowest BCUT2D eigenvalue weighted by Gasteiger charge is -2.14. The average molecular weight is 168 g/mol. The fourth-order valence-electron chi connectivity index (χ4n) is 2.28. The van der Waals surface area contributed by atoms with Gasteiger partial charge < -0.3 is 10.6 Å². The van der Waals surface area contributed by atoms with Crippen LogP contribution in [0.2, 0.25) is 0 Å². The molecule has 12 heavy (non-hydrogen) atoms. The zero-order valence-corrected chi connectivity index (χ0v) is 7.84. The molecule has 0 aromatic carbocycles. The van der Waals surface area contributed by atoms with Crippen LogP contribution in [0.1, 0.15) is 32.1 Å². The lowest BCUT2D eigenvalue weighted by molar-refractivity contribution is 0.310. The van der Waals surface area contributed by atoms with E-state index in [0.29, 0.717) is 0 Å². The molecule has 0 aromatic rings. The van der Waals surface area contributed by atoms with Crippen molar-refractivity contribution in [3.63, 3.8) is 0 Å². The van der Waals surface area contributed by atoms with E-state index in [0.717, 1.165) is 18.5 Å². The predicted octanol–water partition coefficient (Wildman–Crippen LogP) is 1.21. The summed E-state index contributed by atoms with van der Waals surface area (Å²) in [6, 6.07) is 0.980. The number of nitrogens with two attached hydrogens (primary N) is 1. The van der Waals surface area contributed by atoms with Gasteiger partial charge in [0.1, 0.15) is 0 Å². The Kier molecular flexibility index (Phi) is 2.66. The number of hydrogen-bond acceptors (Lipinski definition) is 2. The molecule has 1 saturated heterocycles. The van der Waals surface area contributed by atoms with Crippen LogP contribution >= 0.6 is 0 Å². The normalized spacial score (nSPS) is 31.2. The largest absolute Gasteiger partial charge is 0.330 e. The molecule has 1 heterocycles. The highest BCUT2D eigenvalue weighted by molar-refractivity contribution is 4.89. The molecule has 0 radical (unpaired) electrons. The Hall–Kier alpha value is -0.0800. The van der Waals surface area contributed by atoms with Crippen molar-refractivity contribution in [3.05, 3.63) is 0 Å². The number of nitrogens with zero attached hydrogens (tertiary/aromatic N) is 1. The fraction of sp³-hybridized carbons (Fsp3) is 1.00. The molecule has 2 fully saturated rings. The molecule has 0 bridgehead atoms. The lowest BCUT2D eigenvalue weighted by Crippen LogP contribution is -2.22. The van der Waals surface area contributed by atoms with E-state index in [-0.39, 0.29) is 0 Å². The molecule has 1 saturated carbocycles. The highest BCUT2D eigenvalue weighted by Crippen LogP contribution is 2.32. The van der Waals surface area contributed by atoms with Gasteiger partial charge in [-0.3, -0.25) is 0 Å².